The fourth-order valence-corrected chi connectivity index (χ4v) is 0.609. The van der Waals surface area contributed by atoms with Crippen LogP contribution in [0.5, 0.6) is 0 Å². The Labute approximate surface area is 77.6 Å². The van der Waals surface area contributed by atoms with Gasteiger partial charge in [0.15, 0.2) is 0 Å². The number of allylic oxidation sites excluding steroid dienone is 1. The van der Waals surface area contributed by atoms with Gasteiger partial charge in [-0.25, -0.2) is 0 Å². The average molecular weight is 187 g/mol. The monoisotopic (exact) mass is 187 g/mol. The smallest absolute Gasteiger partial charge is 0.251 e. The second-order valence-electron chi connectivity index (χ2n) is 2.79. The largest absolute Gasteiger partial charge is 0.293 e. The van der Waals surface area contributed by atoms with Gasteiger partial charge in [-0.3, -0.25) is 14.9 Å². The number of thiol groups is 1. The summed E-state index contributed by atoms with van der Waals surface area (Å²) in [5.41, 5.74) is 0. The van der Waals surface area contributed by atoms with Gasteiger partial charge in [-0.1, -0.05) is 13.8 Å². The van der Waals surface area contributed by atoms with Crippen LogP contribution in [-0.2, 0) is 9.59 Å². The van der Waals surface area contributed by atoms with Gasteiger partial charge in [-0.05, 0) is 11.8 Å². The van der Waals surface area contributed by atoms with E-state index in [1.54, 1.807) is 20.8 Å². The summed E-state index contributed by atoms with van der Waals surface area (Å²) in [6, 6.07) is 0. The van der Waals surface area contributed by atoms with Gasteiger partial charge in [0.2, 0.25) is 5.91 Å². The fourth-order valence-electron chi connectivity index (χ4n) is 0.492. The van der Waals surface area contributed by atoms with Gasteiger partial charge in [-0.15, -0.1) is 12.6 Å². The molecule has 3 nitrogen and oxygen atoms in total. The molecule has 0 aromatic carbocycles. The molecule has 0 saturated carbocycles. The molecule has 0 radical (unpaired) electrons. The Morgan fingerprint density at radius 1 is 1.42 bits per heavy atom. The minimum absolute atomic E-state index is 0.178. The van der Waals surface area contributed by atoms with E-state index in [1.807, 2.05) is 0 Å². The topological polar surface area (TPSA) is 46.2 Å². The van der Waals surface area contributed by atoms with Crippen LogP contribution in [-0.4, -0.2) is 11.8 Å². The van der Waals surface area contributed by atoms with E-state index in [-0.39, 0.29) is 11.8 Å². The van der Waals surface area contributed by atoms with Gasteiger partial charge < -0.3 is 0 Å². The van der Waals surface area contributed by atoms with Crippen molar-refractivity contribution in [1.82, 2.24) is 5.32 Å². The van der Waals surface area contributed by atoms with E-state index in [2.05, 4.69) is 17.9 Å². The molecule has 0 aromatic heterocycles. The van der Waals surface area contributed by atoms with E-state index >= 15 is 0 Å². The van der Waals surface area contributed by atoms with Crippen LogP contribution in [0.2, 0.25) is 0 Å². The van der Waals surface area contributed by atoms with Crippen molar-refractivity contribution < 1.29 is 9.59 Å². The highest BCUT2D eigenvalue weighted by molar-refractivity contribution is 7.84. The number of carbonyl (C=O) groups excluding carboxylic acids is 2. The number of hydrogen-bond acceptors (Lipinski definition) is 3. The Kier molecular flexibility index (Phi) is 4.66. The first-order valence-electron chi connectivity index (χ1n) is 3.65. The SMILES string of the molecule is CC(S)=CC(=O)NC(=O)C(C)C. The van der Waals surface area contributed by atoms with E-state index in [9.17, 15) is 9.59 Å². The van der Waals surface area contributed by atoms with Crippen molar-refractivity contribution in [1.29, 1.82) is 0 Å². The third-order valence-electron chi connectivity index (χ3n) is 1.11. The number of hydrogen-bond donors (Lipinski definition) is 2. The Bertz CT molecular complexity index is 217. The van der Waals surface area contributed by atoms with Crippen LogP contribution in [0, 0.1) is 5.92 Å². The maximum atomic E-state index is 10.9. The molecule has 1 N–H and O–H groups in total. The summed E-state index contributed by atoms with van der Waals surface area (Å²) in [7, 11) is 0. The lowest BCUT2D eigenvalue weighted by Gasteiger charge is -2.03. The van der Waals surface area contributed by atoms with Crippen LogP contribution in [0.4, 0.5) is 0 Å². The molecule has 0 saturated heterocycles. The summed E-state index contributed by atoms with van der Waals surface area (Å²) >= 11 is 3.90. The van der Waals surface area contributed by atoms with E-state index < -0.39 is 5.91 Å². The summed E-state index contributed by atoms with van der Waals surface area (Å²) in [5.74, 6) is -0.866. The summed E-state index contributed by atoms with van der Waals surface area (Å²) in [6.45, 7) is 5.11. The predicted molar refractivity (Wildman–Crippen MR) is 50.7 cm³/mol. The van der Waals surface area contributed by atoms with Crippen molar-refractivity contribution in [2.75, 3.05) is 0 Å². The van der Waals surface area contributed by atoms with Gasteiger partial charge in [-0.2, -0.15) is 0 Å². The average Bonchev–Trinajstić information content (AvgIpc) is 1.84. The first-order valence-corrected chi connectivity index (χ1v) is 4.10. The van der Waals surface area contributed by atoms with Crippen LogP contribution in [0.15, 0.2) is 11.0 Å². The van der Waals surface area contributed by atoms with Crippen molar-refractivity contribution in [3.63, 3.8) is 0 Å². The number of carbonyl (C=O) groups is 2. The highest BCUT2D eigenvalue weighted by Gasteiger charge is 2.08. The summed E-state index contributed by atoms with van der Waals surface area (Å²) in [6.07, 6.45) is 1.27. The highest BCUT2D eigenvalue weighted by Crippen LogP contribution is 1.96. The molecule has 68 valence electrons. The molecule has 12 heavy (non-hydrogen) atoms. The maximum absolute atomic E-state index is 10.9. The van der Waals surface area contributed by atoms with E-state index in [0.29, 0.717) is 4.91 Å². The zero-order valence-electron chi connectivity index (χ0n) is 7.42. The van der Waals surface area contributed by atoms with Gasteiger partial charge in [0.25, 0.3) is 5.91 Å². The van der Waals surface area contributed by atoms with E-state index in [4.69, 9.17) is 0 Å². The lowest BCUT2D eigenvalue weighted by atomic mass is 10.2. The molecule has 0 fully saturated rings. The second kappa shape index (κ2) is 4.98. The third-order valence-corrected chi connectivity index (χ3v) is 1.24. The lowest BCUT2D eigenvalue weighted by Crippen LogP contribution is -2.32. The number of nitrogens with one attached hydrogen (secondary N) is 1. The number of imide groups is 1. The zero-order valence-corrected chi connectivity index (χ0v) is 8.31. The molecule has 0 aliphatic rings. The molecule has 0 aliphatic heterocycles. The van der Waals surface area contributed by atoms with E-state index in [0.717, 1.165) is 0 Å². The Balaban J connectivity index is 4.03. The molecule has 0 aliphatic carbocycles. The Morgan fingerprint density at radius 3 is 2.25 bits per heavy atom. The summed E-state index contributed by atoms with van der Waals surface area (Å²) in [4.78, 5) is 22.4. The summed E-state index contributed by atoms with van der Waals surface area (Å²) < 4.78 is 0. The molecular formula is C8H13NO2S. The van der Waals surface area contributed by atoms with Crippen LogP contribution >= 0.6 is 12.6 Å². The minimum Gasteiger partial charge on any atom is -0.293 e. The van der Waals surface area contributed by atoms with Gasteiger partial charge in [0.1, 0.15) is 0 Å². The van der Waals surface area contributed by atoms with E-state index in [1.165, 1.54) is 6.08 Å². The molecule has 0 aromatic rings. The highest BCUT2D eigenvalue weighted by atomic mass is 32.1. The van der Waals surface area contributed by atoms with Crippen LogP contribution in [0.1, 0.15) is 20.8 Å². The number of rotatable bonds is 2. The zero-order chi connectivity index (χ0) is 9.72. The molecule has 0 bridgehead atoms. The van der Waals surface area contributed by atoms with Gasteiger partial charge in [0, 0.05) is 12.0 Å². The van der Waals surface area contributed by atoms with Crippen molar-refractivity contribution in [2.24, 2.45) is 5.92 Å². The van der Waals surface area contributed by atoms with Crippen molar-refractivity contribution in [3.8, 4) is 0 Å². The molecule has 4 heteroatoms. The van der Waals surface area contributed by atoms with Crippen LogP contribution in [0.25, 0.3) is 0 Å². The molecule has 0 rings (SSSR count). The quantitative estimate of drug-likeness (QED) is 0.502. The van der Waals surface area contributed by atoms with Crippen LogP contribution in [0.3, 0.4) is 0 Å². The molecule has 0 atom stereocenters. The van der Waals surface area contributed by atoms with Crippen molar-refractivity contribution in [3.05, 3.63) is 11.0 Å². The summed E-state index contributed by atoms with van der Waals surface area (Å²) in [5, 5.41) is 2.21. The molecular weight excluding hydrogens is 174 g/mol. The lowest BCUT2D eigenvalue weighted by molar-refractivity contribution is -0.130. The first kappa shape index (κ1) is 11.2. The normalized spacial score (nSPS) is 11.6. The van der Waals surface area contributed by atoms with Crippen LogP contribution < -0.4 is 5.32 Å². The van der Waals surface area contributed by atoms with Gasteiger partial charge in [0.05, 0.1) is 0 Å². The maximum Gasteiger partial charge on any atom is 0.251 e. The Morgan fingerprint density at radius 2 is 1.92 bits per heavy atom. The second-order valence-corrected chi connectivity index (χ2v) is 3.50. The predicted octanol–water partition coefficient (Wildman–Crippen LogP) is 1.12. The van der Waals surface area contributed by atoms with Crippen molar-refractivity contribution in [2.45, 2.75) is 20.8 Å². The fraction of sp³-hybridized carbons (Fsp3) is 0.500. The molecule has 0 heterocycles. The first-order chi connectivity index (χ1) is 5.43. The Hall–Kier alpha value is -0.770. The molecule has 0 spiro atoms. The minimum atomic E-state index is -0.416. The molecule has 0 unspecified atom stereocenters. The van der Waals surface area contributed by atoms with Gasteiger partial charge >= 0.3 is 0 Å². The number of amides is 2. The third kappa shape index (κ3) is 4.96. The van der Waals surface area contributed by atoms with Crippen molar-refractivity contribution >= 4 is 24.4 Å². The molecule has 2 amide bonds. The standard InChI is InChI=1S/C8H13NO2S/c1-5(2)8(11)9-7(10)4-6(3)12/h4-5,12H,1-3H3,(H,9,10,11).